The molecule has 4 aromatic rings. The van der Waals surface area contributed by atoms with Gasteiger partial charge in [0.15, 0.2) is 0 Å². The number of fused-ring (bicyclic) bond motifs is 1. The van der Waals surface area contributed by atoms with E-state index in [1.807, 2.05) is 48.5 Å². The van der Waals surface area contributed by atoms with Crippen LogP contribution in [0, 0.1) is 0 Å². The Morgan fingerprint density at radius 1 is 0.973 bits per heavy atom. The Kier molecular flexibility index (Phi) is 8.60. The van der Waals surface area contributed by atoms with Crippen LogP contribution in [-0.4, -0.2) is 56.1 Å². The first-order valence-corrected chi connectivity index (χ1v) is 12.7. The van der Waals surface area contributed by atoms with E-state index in [9.17, 15) is 14.4 Å². The molecule has 1 heterocycles. The molecule has 3 amide bonds. The number of amides is 3. The van der Waals surface area contributed by atoms with Crippen LogP contribution in [0.5, 0.6) is 0 Å². The Morgan fingerprint density at radius 3 is 2.49 bits per heavy atom. The highest BCUT2D eigenvalue weighted by atomic mass is 32.1. The third kappa shape index (κ3) is 6.58. The van der Waals surface area contributed by atoms with Gasteiger partial charge in [-0.25, -0.2) is 4.98 Å². The number of likely N-dealkylation sites (N-methyl/N-ethyl adjacent to an activating group) is 1. The zero-order valence-electron chi connectivity index (χ0n) is 20.6. The first-order valence-electron chi connectivity index (χ1n) is 11.8. The summed E-state index contributed by atoms with van der Waals surface area (Å²) in [4.78, 5) is 45.2. The molecule has 0 unspecified atom stereocenters. The third-order valence-electron chi connectivity index (χ3n) is 5.90. The fourth-order valence-electron chi connectivity index (χ4n) is 3.88. The number of thiazole rings is 1. The second-order valence-electron chi connectivity index (χ2n) is 8.45. The highest BCUT2D eigenvalue weighted by Crippen LogP contribution is 2.24. The second kappa shape index (κ2) is 12.2. The number of aromatic nitrogens is 1. The molecule has 4 rings (SSSR count). The summed E-state index contributed by atoms with van der Waals surface area (Å²) in [6, 6.07) is 20.8. The van der Waals surface area contributed by atoms with Gasteiger partial charge in [-0.1, -0.05) is 36.4 Å². The normalized spacial score (nSPS) is 11.6. The fourth-order valence-corrected chi connectivity index (χ4v) is 4.54. The number of methoxy groups -OCH3 is 1. The van der Waals surface area contributed by atoms with Crippen LogP contribution in [0.3, 0.4) is 0 Å². The SMILES string of the molecule is COCCNC(=O)c1cccc(C(=O)N[C@@H](Cc2ccccc2)C(=O)N(C)c2ccc3scnc3c2)c1. The Balaban J connectivity index is 1.54. The molecule has 1 atom stereocenters. The Morgan fingerprint density at radius 2 is 1.73 bits per heavy atom. The van der Waals surface area contributed by atoms with Gasteiger partial charge in [-0.2, -0.15) is 0 Å². The second-order valence-corrected chi connectivity index (χ2v) is 9.33. The summed E-state index contributed by atoms with van der Waals surface area (Å²) < 4.78 is 5.99. The molecule has 0 spiro atoms. The van der Waals surface area contributed by atoms with Gasteiger partial charge in [0.05, 0.1) is 22.3 Å². The molecule has 2 N–H and O–H groups in total. The van der Waals surface area contributed by atoms with Crippen LogP contribution in [-0.2, 0) is 16.0 Å². The zero-order valence-corrected chi connectivity index (χ0v) is 21.5. The Labute approximate surface area is 219 Å². The summed E-state index contributed by atoms with van der Waals surface area (Å²) in [6.07, 6.45) is 0.311. The van der Waals surface area contributed by atoms with Gasteiger partial charge in [0.25, 0.3) is 11.8 Å². The summed E-state index contributed by atoms with van der Waals surface area (Å²) in [6.45, 7) is 0.747. The minimum Gasteiger partial charge on any atom is -0.383 e. The molecular weight excluding hydrogens is 488 g/mol. The van der Waals surface area contributed by atoms with Crippen LogP contribution in [0.4, 0.5) is 5.69 Å². The van der Waals surface area contributed by atoms with Crippen molar-refractivity contribution in [2.75, 3.05) is 32.2 Å². The minimum atomic E-state index is -0.829. The number of anilines is 1. The van der Waals surface area contributed by atoms with Crippen molar-refractivity contribution < 1.29 is 19.1 Å². The predicted molar refractivity (Wildman–Crippen MR) is 145 cm³/mol. The number of benzene rings is 3. The highest BCUT2D eigenvalue weighted by molar-refractivity contribution is 7.16. The average Bonchev–Trinajstić information content (AvgIpc) is 3.40. The van der Waals surface area contributed by atoms with E-state index in [1.165, 1.54) is 22.3 Å². The van der Waals surface area contributed by atoms with Crippen molar-refractivity contribution in [1.29, 1.82) is 0 Å². The van der Waals surface area contributed by atoms with Crippen molar-refractivity contribution in [2.24, 2.45) is 0 Å². The molecule has 0 aliphatic carbocycles. The molecule has 3 aromatic carbocycles. The first-order chi connectivity index (χ1) is 18.0. The molecule has 0 aliphatic heterocycles. The van der Waals surface area contributed by atoms with E-state index in [2.05, 4.69) is 15.6 Å². The van der Waals surface area contributed by atoms with Crippen LogP contribution >= 0.6 is 11.3 Å². The topological polar surface area (TPSA) is 101 Å². The molecule has 9 heteroatoms. The Bertz CT molecular complexity index is 1390. The summed E-state index contributed by atoms with van der Waals surface area (Å²) in [7, 11) is 3.24. The number of carbonyl (C=O) groups is 3. The predicted octanol–water partition coefficient (Wildman–Crippen LogP) is 3.68. The van der Waals surface area contributed by atoms with Gasteiger partial charge in [0.2, 0.25) is 5.91 Å². The summed E-state index contributed by atoms with van der Waals surface area (Å²) in [5.41, 5.74) is 4.81. The lowest BCUT2D eigenvalue weighted by Gasteiger charge is -2.25. The minimum absolute atomic E-state index is 0.264. The zero-order chi connectivity index (χ0) is 26.2. The van der Waals surface area contributed by atoms with Gasteiger partial charge in [-0.3, -0.25) is 14.4 Å². The van der Waals surface area contributed by atoms with E-state index < -0.39 is 11.9 Å². The van der Waals surface area contributed by atoms with E-state index in [4.69, 9.17) is 4.74 Å². The van der Waals surface area contributed by atoms with Crippen molar-refractivity contribution in [1.82, 2.24) is 15.6 Å². The molecule has 0 saturated heterocycles. The molecular formula is C28H28N4O4S. The highest BCUT2D eigenvalue weighted by Gasteiger charge is 2.26. The van der Waals surface area contributed by atoms with Gasteiger partial charge in [0.1, 0.15) is 6.04 Å². The monoisotopic (exact) mass is 516 g/mol. The van der Waals surface area contributed by atoms with Gasteiger partial charge in [0, 0.05) is 43.9 Å². The van der Waals surface area contributed by atoms with Gasteiger partial charge >= 0.3 is 0 Å². The van der Waals surface area contributed by atoms with Gasteiger partial charge < -0.3 is 20.3 Å². The summed E-state index contributed by atoms with van der Waals surface area (Å²) >= 11 is 1.53. The van der Waals surface area contributed by atoms with Crippen molar-refractivity contribution in [3.8, 4) is 0 Å². The van der Waals surface area contributed by atoms with Crippen LogP contribution in [0.2, 0.25) is 0 Å². The van der Waals surface area contributed by atoms with Crippen molar-refractivity contribution >= 4 is 45.0 Å². The summed E-state index contributed by atoms with van der Waals surface area (Å²) in [5, 5.41) is 5.63. The van der Waals surface area contributed by atoms with E-state index >= 15 is 0 Å². The van der Waals surface area contributed by atoms with Crippen molar-refractivity contribution in [3.05, 3.63) is 95.0 Å². The largest absolute Gasteiger partial charge is 0.383 e. The maximum absolute atomic E-state index is 13.6. The molecule has 0 fully saturated rings. The summed E-state index contributed by atoms with van der Waals surface area (Å²) in [5.74, 6) is -1.01. The lowest BCUT2D eigenvalue weighted by atomic mass is 10.0. The molecule has 1 aromatic heterocycles. The van der Waals surface area contributed by atoms with E-state index in [0.717, 1.165) is 15.8 Å². The molecule has 8 nitrogen and oxygen atoms in total. The number of rotatable bonds is 10. The molecule has 190 valence electrons. The number of nitrogens with one attached hydrogen (secondary N) is 2. The van der Waals surface area contributed by atoms with Gasteiger partial charge in [-0.15, -0.1) is 11.3 Å². The van der Waals surface area contributed by atoms with Crippen LogP contribution < -0.4 is 15.5 Å². The maximum Gasteiger partial charge on any atom is 0.251 e. The van der Waals surface area contributed by atoms with Crippen molar-refractivity contribution in [3.63, 3.8) is 0 Å². The smallest absolute Gasteiger partial charge is 0.251 e. The number of ether oxygens (including phenoxy) is 1. The molecule has 0 bridgehead atoms. The van der Waals surface area contributed by atoms with Crippen molar-refractivity contribution in [2.45, 2.75) is 12.5 Å². The van der Waals surface area contributed by atoms with Gasteiger partial charge in [-0.05, 0) is 42.0 Å². The molecule has 0 aliphatic rings. The molecule has 0 saturated carbocycles. The first kappa shape index (κ1) is 26.0. The lowest BCUT2D eigenvalue weighted by molar-refractivity contribution is -0.120. The molecule has 0 radical (unpaired) electrons. The number of hydrogen-bond donors (Lipinski definition) is 2. The van der Waals surface area contributed by atoms with Crippen LogP contribution in [0.25, 0.3) is 10.2 Å². The average molecular weight is 517 g/mol. The Hall–Kier alpha value is -4.08. The maximum atomic E-state index is 13.6. The lowest BCUT2D eigenvalue weighted by Crippen LogP contribution is -2.48. The standard InChI is InChI=1S/C28H28N4O4S/c1-32(22-11-12-25-23(17-22)30-18-37-25)28(35)24(15-19-7-4-3-5-8-19)31-27(34)21-10-6-9-20(16-21)26(33)29-13-14-36-2/h3-12,16-18,24H,13-15H2,1-2H3,(H,29,33)(H,31,34)/t24-/m0/s1. The van der Waals surface area contributed by atoms with E-state index in [0.29, 0.717) is 30.8 Å². The van der Waals surface area contributed by atoms with Crippen LogP contribution in [0.15, 0.2) is 78.3 Å². The quantitative estimate of drug-likeness (QED) is 0.313. The number of hydrogen-bond acceptors (Lipinski definition) is 6. The van der Waals surface area contributed by atoms with E-state index in [1.54, 1.807) is 37.9 Å². The fraction of sp³-hybridized carbons (Fsp3) is 0.214. The van der Waals surface area contributed by atoms with E-state index in [-0.39, 0.29) is 17.4 Å². The number of nitrogens with zero attached hydrogens (tertiary/aromatic N) is 2. The third-order valence-corrected chi connectivity index (χ3v) is 6.71. The molecule has 37 heavy (non-hydrogen) atoms. The number of carbonyl (C=O) groups excluding carboxylic acids is 3. The van der Waals surface area contributed by atoms with Crippen LogP contribution in [0.1, 0.15) is 26.3 Å².